The van der Waals surface area contributed by atoms with Crippen molar-refractivity contribution in [3.63, 3.8) is 0 Å². The first-order chi connectivity index (χ1) is 9.63. The number of hydrogen-bond donors (Lipinski definition) is 0. The van der Waals surface area contributed by atoms with Gasteiger partial charge in [-0.3, -0.25) is 4.79 Å². The van der Waals surface area contributed by atoms with E-state index in [2.05, 4.69) is 0 Å². The van der Waals surface area contributed by atoms with Crippen LogP contribution >= 0.6 is 11.6 Å². The Morgan fingerprint density at radius 3 is 3.10 bits per heavy atom. The second-order valence-electron chi connectivity index (χ2n) is 5.43. The molecule has 0 unspecified atom stereocenters. The summed E-state index contributed by atoms with van der Waals surface area (Å²) in [6, 6.07) is 5.57. The van der Waals surface area contributed by atoms with Crippen molar-refractivity contribution in [2.24, 2.45) is 5.92 Å². The number of rotatable bonds is 1. The summed E-state index contributed by atoms with van der Waals surface area (Å²) in [6.45, 7) is 4.38. The number of morpholine rings is 1. The Bertz CT molecular complexity index is 520. The van der Waals surface area contributed by atoms with Crippen LogP contribution in [0.4, 0.5) is 0 Å². The molecule has 2 atom stereocenters. The summed E-state index contributed by atoms with van der Waals surface area (Å²) >= 11 is 6.00. The number of halogens is 1. The Balaban J connectivity index is 1.71. The van der Waals surface area contributed by atoms with E-state index in [4.69, 9.17) is 21.1 Å². The van der Waals surface area contributed by atoms with Crippen LogP contribution in [0.5, 0.6) is 5.75 Å². The van der Waals surface area contributed by atoms with E-state index < -0.39 is 0 Å². The van der Waals surface area contributed by atoms with E-state index in [0.717, 1.165) is 11.3 Å². The molecule has 108 valence electrons. The highest BCUT2D eigenvalue weighted by atomic mass is 35.5. The Hall–Kier alpha value is -1.26. The lowest BCUT2D eigenvalue weighted by Crippen LogP contribution is -2.48. The van der Waals surface area contributed by atoms with Crippen molar-refractivity contribution in [2.45, 2.75) is 19.4 Å². The largest absolute Gasteiger partial charge is 0.492 e. The van der Waals surface area contributed by atoms with Gasteiger partial charge in [-0.15, -0.1) is 0 Å². The summed E-state index contributed by atoms with van der Waals surface area (Å²) in [5.74, 6) is 0.880. The molecule has 5 heteroatoms. The van der Waals surface area contributed by atoms with Gasteiger partial charge in [0.2, 0.25) is 5.91 Å². The SMILES string of the molecule is C[C@@H]1CN(C(=O)[C@H]2COc3ccc(Cl)cc3C2)CCO1. The van der Waals surface area contributed by atoms with Crippen molar-refractivity contribution in [1.82, 2.24) is 4.90 Å². The molecular weight excluding hydrogens is 278 g/mol. The number of carbonyl (C=O) groups is 1. The number of benzene rings is 1. The van der Waals surface area contributed by atoms with Crippen molar-refractivity contribution in [2.75, 3.05) is 26.3 Å². The molecule has 1 aromatic carbocycles. The van der Waals surface area contributed by atoms with Crippen LogP contribution in [0.25, 0.3) is 0 Å². The lowest BCUT2D eigenvalue weighted by molar-refractivity contribution is -0.143. The van der Waals surface area contributed by atoms with Gasteiger partial charge in [0.05, 0.1) is 18.6 Å². The van der Waals surface area contributed by atoms with Crippen molar-refractivity contribution < 1.29 is 14.3 Å². The van der Waals surface area contributed by atoms with Gasteiger partial charge in [0, 0.05) is 18.1 Å². The summed E-state index contributed by atoms with van der Waals surface area (Å²) in [4.78, 5) is 14.4. The fraction of sp³-hybridized carbons (Fsp3) is 0.533. The van der Waals surface area contributed by atoms with E-state index in [1.54, 1.807) is 0 Å². The molecule has 0 bridgehead atoms. The van der Waals surface area contributed by atoms with Gasteiger partial charge in [-0.05, 0) is 37.1 Å². The fourth-order valence-corrected chi connectivity index (χ4v) is 2.99. The lowest BCUT2D eigenvalue weighted by atomic mass is 9.95. The average Bonchev–Trinajstić information content (AvgIpc) is 2.45. The molecule has 20 heavy (non-hydrogen) atoms. The van der Waals surface area contributed by atoms with Gasteiger partial charge in [-0.2, -0.15) is 0 Å². The highest BCUT2D eigenvalue weighted by Crippen LogP contribution is 2.30. The fourth-order valence-electron chi connectivity index (χ4n) is 2.80. The van der Waals surface area contributed by atoms with Crippen LogP contribution < -0.4 is 4.74 Å². The number of amides is 1. The Labute approximate surface area is 123 Å². The monoisotopic (exact) mass is 295 g/mol. The molecule has 0 aromatic heterocycles. The zero-order chi connectivity index (χ0) is 14.1. The van der Waals surface area contributed by atoms with Crippen LogP contribution in [0.3, 0.4) is 0 Å². The third kappa shape index (κ3) is 2.76. The summed E-state index contributed by atoms with van der Waals surface area (Å²) in [6.07, 6.45) is 0.805. The minimum Gasteiger partial charge on any atom is -0.492 e. The molecule has 1 amide bonds. The van der Waals surface area contributed by atoms with Crippen LogP contribution in [-0.4, -0.2) is 43.2 Å². The van der Waals surface area contributed by atoms with E-state index in [9.17, 15) is 4.79 Å². The smallest absolute Gasteiger partial charge is 0.229 e. The van der Waals surface area contributed by atoms with E-state index in [1.807, 2.05) is 30.0 Å². The van der Waals surface area contributed by atoms with E-state index in [1.165, 1.54) is 0 Å². The van der Waals surface area contributed by atoms with Crippen LogP contribution in [0, 0.1) is 5.92 Å². The predicted molar refractivity (Wildman–Crippen MR) is 76.1 cm³/mol. The van der Waals surface area contributed by atoms with Crippen LogP contribution in [-0.2, 0) is 16.0 Å². The van der Waals surface area contributed by atoms with Gasteiger partial charge in [-0.25, -0.2) is 0 Å². The maximum absolute atomic E-state index is 12.6. The summed E-state index contributed by atoms with van der Waals surface area (Å²) in [5.41, 5.74) is 1.02. The van der Waals surface area contributed by atoms with E-state index >= 15 is 0 Å². The van der Waals surface area contributed by atoms with E-state index in [-0.39, 0.29) is 17.9 Å². The number of ether oxygens (including phenoxy) is 2. The molecule has 1 aromatic rings. The third-order valence-corrected chi connectivity index (χ3v) is 4.07. The topological polar surface area (TPSA) is 38.8 Å². The van der Waals surface area contributed by atoms with Crippen molar-refractivity contribution in [3.8, 4) is 5.75 Å². The molecule has 0 saturated carbocycles. The standard InChI is InChI=1S/C15H18ClNO3/c1-10-8-17(4-5-19-10)15(18)12-6-11-7-13(16)2-3-14(11)20-9-12/h2-3,7,10,12H,4-6,8-9H2,1H3/t10-,12-/m1/s1. The highest BCUT2D eigenvalue weighted by Gasteiger charge is 2.31. The molecule has 0 N–H and O–H groups in total. The minimum absolute atomic E-state index is 0.110. The Kier molecular flexibility index (Phi) is 3.85. The molecule has 0 spiro atoms. The van der Waals surface area contributed by atoms with Gasteiger partial charge in [0.15, 0.2) is 0 Å². The number of fused-ring (bicyclic) bond motifs is 1. The first kappa shape index (κ1) is 13.7. The van der Waals surface area contributed by atoms with Crippen LogP contribution in [0.2, 0.25) is 5.02 Å². The molecule has 2 aliphatic heterocycles. The van der Waals surface area contributed by atoms with Gasteiger partial charge in [0.25, 0.3) is 0 Å². The first-order valence-electron chi connectivity index (χ1n) is 6.95. The Morgan fingerprint density at radius 2 is 2.30 bits per heavy atom. The van der Waals surface area contributed by atoms with E-state index in [0.29, 0.717) is 37.7 Å². The second-order valence-corrected chi connectivity index (χ2v) is 5.87. The maximum Gasteiger partial charge on any atom is 0.229 e. The Morgan fingerprint density at radius 1 is 1.45 bits per heavy atom. The van der Waals surface area contributed by atoms with Crippen molar-refractivity contribution >= 4 is 17.5 Å². The minimum atomic E-state index is -0.119. The number of nitrogens with zero attached hydrogens (tertiary/aromatic N) is 1. The molecular formula is C15H18ClNO3. The zero-order valence-electron chi connectivity index (χ0n) is 11.5. The normalized spacial score (nSPS) is 25.8. The second kappa shape index (κ2) is 5.62. The number of hydrogen-bond acceptors (Lipinski definition) is 3. The lowest BCUT2D eigenvalue weighted by Gasteiger charge is -2.35. The summed E-state index contributed by atoms with van der Waals surface area (Å²) in [7, 11) is 0. The predicted octanol–water partition coefficient (Wildman–Crippen LogP) is 2.14. The molecule has 1 saturated heterocycles. The molecule has 2 heterocycles. The molecule has 0 aliphatic carbocycles. The van der Waals surface area contributed by atoms with Crippen molar-refractivity contribution in [1.29, 1.82) is 0 Å². The highest BCUT2D eigenvalue weighted by molar-refractivity contribution is 6.30. The first-order valence-corrected chi connectivity index (χ1v) is 7.33. The molecule has 4 nitrogen and oxygen atoms in total. The molecule has 1 fully saturated rings. The van der Waals surface area contributed by atoms with Gasteiger partial charge in [0.1, 0.15) is 12.4 Å². The maximum atomic E-state index is 12.6. The van der Waals surface area contributed by atoms with Crippen LogP contribution in [0.1, 0.15) is 12.5 Å². The average molecular weight is 296 g/mol. The van der Waals surface area contributed by atoms with Gasteiger partial charge >= 0.3 is 0 Å². The summed E-state index contributed by atoms with van der Waals surface area (Å²) in [5, 5.41) is 0.681. The zero-order valence-corrected chi connectivity index (χ0v) is 12.2. The molecule has 0 radical (unpaired) electrons. The van der Waals surface area contributed by atoms with Gasteiger partial charge in [-0.1, -0.05) is 11.6 Å². The van der Waals surface area contributed by atoms with Crippen LogP contribution in [0.15, 0.2) is 18.2 Å². The number of carbonyl (C=O) groups excluding carboxylic acids is 1. The van der Waals surface area contributed by atoms with Gasteiger partial charge < -0.3 is 14.4 Å². The molecule has 3 rings (SSSR count). The summed E-state index contributed by atoms with van der Waals surface area (Å²) < 4.78 is 11.2. The quantitative estimate of drug-likeness (QED) is 0.797. The van der Waals surface area contributed by atoms with Crippen molar-refractivity contribution in [3.05, 3.63) is 28.8 Å². The molecule has 2 aliphatic rings. The third-order valence-electron chi connectivity index (χ3n) is 3.83.